The summed E-state index contributed by atoms with van der Waals surface area (Å²) in [4.78, 5) is 3.31. The summed E-state index contributed by atoms with van der Waals surface area (Å²) in [5.74, 6) is 0. The quantitative estimate of drug-likeness (QED) is 0.651. The van der Waals surface area contributed by atoms with Gasteiger partial charge in [-0.2, -0.15) is 0 Å². The zero-order chi connectivity index (χ0) is 13.6. The monoisotopic (exact) mass is 272 g/mol. The summed E-state index contributed by atoms with van der Waals surface area (Å²) in [5.41, 5.74) is 3.13. The van der Waals surface area contributed by atoms with Crippen molar-refractivity contribution >= 4 is 0 Å². The van der Waals surface area contributed by atoms with E-state index in [9.17, 15) is 0 Å². The molecule has 0 aliphatic carbocycles. The first kappa shape index (κ1) is 13.8. The van der Waals surface area contributed by atoms with Crippen molar-refractivity contribution < 1.29 is 9.80 Å². The molecule has 0 fully saturated rings. The molecule has 3 aliphatic rings. The lowest BCUT2D eigenvalue weighted by Gasteiger charge is -2.20. The number of fused-ring (bicyclic) bond motifs is 2. The molecule has 108 valence electrons. The lowest BCUT2D eigenvalue weighted by Crippen LogP contribution is -3.08. The third kappa shape index (κ3) is 3.94. The van der Waals surface area contributed by atoms with Gasteiger partial charge in [0.15, 0.2) is 0 Å². The summed E-state index contributed by atoms with van der Waals surface area (Å²) in [6.07, 6.45) is 22.3. The van der Waals surface area contributed by atoms with Gasteiger partial charge in [0.25, 0.3) is 0 Å². The molecule has 2 heteroatoms. The summed E-state index contributed by atoms with van der Waals surface area (Å²) < 4.78 is 0. The lowest BCUT2D eigenvalue weighted by atomic mass is 10.0. The molecule has 4 bridgehead atoms. The maximum Gasteiger partial charge on any atom is 0.100 e. The molecular formula is C18H28N2+2. The normalized spacial score (nSPS) is 31.2. The predicted molar refractivity (Wildman–Crippen MR) is 83.5 cm³/mol. The van der Waals surface area contributed by atoms with E-state index in [4.69, 9.17) is 0 Å². The highest BCUT2D eigenvalue weighted by Gasteiger charge is 2.13. The van der Waals surface area contributed by atoms with E-state index in [1.54, 1.807) is 20.9 Å². The van der Waals surface area contributed by atoms with Gasteiger partial charge in [0, 0.05) is 11.1 Å². The molecule has 3 aliphatic heterocycles. The van der Waals surface area contributed by atoms with Crippen molar-refractivity contribution in [1.82, 2.24) is 0 Å². The van der Waals surface area contributed by atoms with Crippen LogP contribution in [0.5, 0.6) is 0 Å². The second-order valence-corrected chi connectivity index (χ2v) is 6.38. The highest BCUT2D eigenvalue weighted by molar-refractivity contribution is 5.19. The minimum Gasteiger partial charge on any atom is -0.305 e. The van der Waals surface area contributed by atoms with E-state index >= 15 is 0 Å². The summed E-state index contributed by atoms with van der Waals surface area (Å²) >= 11 is 0. The van der Waals surface area contributed by atoms with Crippen molar-refractivity contribution in [3.8, 4) is 0 Å². The average Bonchev–Trinajstić information content (AvgIpc) is 2.48. The first-order valence-electron chi connectivity index (χ1n) is 8.34. The van der Waals surface area contributed by atoms with Crippen LogP contribution in [0.25, 0.3) is 0 Å². The Labute approximate surface area is 123 Å². The van der Waals surface area contributed by atoms with Gasteiger partial charge in [-0.3, -0.25) is 0 Å². The fourth-order valence-corrected chi connectivity index (χ4v) is 3.48. The van der Waals surface area contributed by atoms with Crippen LogP contribution in [0.1, 0.15) is 38.5 Å². The predicted octanol–water partition coefficient (Wildman–Crippen LogP) is 1.02. The first-order chi connectivity index (χ1) is 9.90. The van der Waals surface area contributed by atoms with Crippen molar-refractivity contribution in [2.24, 2.45) is 0 Å². The molecule has 2 unspecified atom stereocenters. The van der Waals surface area contributed by atoms with Gasteiger partial charge in [-0.05, 0) is 50.7 Å². The van der Waals surface area contributed by atoms with Crippen LogP contribution in [-0.4, -0.2) is 26.2 Å². The van der Waals surface area contributed by atoms with E-state index in [-0.39, 0.29) is 0 Å². The number of hydrogen-bond donors (Lipinski definition) is 2. The first-order valence-corrected chi connectivity index (χ1v) is 8.34. The van der Waals surface area contributed by atoms with Crippen LogP contribution in [0.2, 0.25) is 0 Å². The van der Waals surface area contributed by atoms with Crippen LogP contribution in [-0.2, 0) is 0 Å². The summed E-state index contributed by atoms with van der Waals surface area (Å²) in [7, 11) is 0. The van der Waals surface area contributed by atoms with E-state index in [0.717, 1.165) is 0 Å². The fourth-order valence-electron chi connectivity index (χ4n) is 3.48. The number of hydrogen-bond acceptors (Lipinski definition) is 0. The van der Waals surface area contributed by atoms with E-state index in [1.165, 1.54) is 64.7 Å². The SMILES string of the molecule is C1=CC2=C[NH+](C1)CCCCC1=C[NH+](CC=C1)CCCC2. The topological polar surface area (TPSA) is 8.88 Å². The Balaban J connectivity index is 1.62. The van der Waals surface area contributed by atoms with E-state index in [1.807, 2.05) is 0 Å². The van der Waals surface area contributed by atoms with Gasteiger partial charge < -0.3 is 9.80 Å². The molecular weight excluding hydrogens is 244 g/mol. The van der Waals surface area contributed by atoms with Gasteiger partial charge in [0.05, 0.1) is 25.5 Å². The Kier molecular flexibility index (Phi) is 4.88. The van der Waals surface area contributed by atoms with Crippen molar-refractivity contribution in [3.63, 3.8) is 0 Å². The Morgan fingerprint density at radius 3 is 1.65 bits per heavy atom. The van der Waals surface area contributed by atoms with Gasteiger partial charge in [0.1, 0.15) is 13.1 Å². The third-order valence-electron chi connectivity index (χ3n) is 4.63. The maximum absolute atomic E-state index is 2.49. The van der Waals surface area contributed by atoms with Crippen LogP contribution >= 0.6 is 0 Å². The molecule has 0 aromatic carbocycles. The van der Waals surface area contributed by atoms with E-state index in [0.29, 0.717) is 0 Å². The Hall–Kier alpha value is -1.12. The molecule has 2 nitrogen and oxygen atoms in total. The highest BCUT2D eigenvalue weighted by Crippen LogP contribution is 2.11. The minimum absolute atomic E-state index is 1.18. The van der Waals surface area contributed by atoms with E-state index < -0.39 is 0 Å². The smallest absolute Gasteiger partial charge is 0.100 e. The number of nitrogens with one attached hydrogen (secondary N) is 2. The molecule has 0 amide bonds. The van der Waals surface area contributed by atoms with Crippen LogP contribution in [0, 0.1) is 0 Å². The van der Waals surface area contributed by atoms with Crippen molar-refractivity contribution in [3.05, 3.63) is 47.9 Å². The van der Waals surface area contributed by atoms with Gasteiger partial charge in [-0.25, -0.2) is 0 Å². The highest BCUT2D eigenvalue weighted by atomic mass is 15.1. The molecule has 3 heterocycles. The molecule has 0 aromatic rings. The summed E-state index contributed by atoms with van der Waals surface area (Å²) in [6.45, 7) is 4.96. The van der Waals surface area contributed by atoms with Crippen LogP contribution in [0.4, 0.5) is 0 Å². The minimum atomic E-state index is 1.18. The molecule has 0 saturated heterocycles. The fraction of sp³-hybridized carbons (Fsp3) is 0.556. The van der Waals surface area contributed by atoms with Crippen LogP contribution < -0.4 is 9.80 Å². The second-order valence-electron chi connectivity index (χ2n) is 6.38. The molecule has 2 atom stereocenters. The van der Waals surface area contributed by atoms with Crippen molar-refractivity contribution in [1.29, 1.82) is 0 Å². The number of rotatable bonds is 0. The van der Waals surface area contributed by atoms with E-state index in [2.05, 4.69) is 36.7 Å². The number of quaternary nitrogens is 2. The molecule has 0 spiro atoms. The standard InChI is InChI=1S/C18H26N2/c1-3-11-19-13-6-10-18(16-19)8-2-4-12-20-14-5-9-17(7-1)15-20/h5-6,9-10,15-16H,1-4,7-8,11-14H2/p+2. The summed E-state index contributed by atoms with van der Waals surface area (Å²) in [5, 5.41) is 0. The van der Waals surface area contributed by atoms with Gasteiger partial charge in [-0.15, -0.1) is 0 Å². The molecule has 3 rings (SSSR count). The Morgan fingerprint density at radius 1 is 0.650 bits per heavy atom. The largest absolute Gasteiger partial charge is 0.305 e. The summed E-state index contributed by atoms with van der Waals surface area (Å²) in [6, 6.07) is 0. The third-order valence-corrected chi connectivity index (χ3v) is 4.63. The number of allylic oxidation sites excluding steroid dienone is 4. The lowest BCUT2D eigenvalue weighted by molar-refractivity contribution is -0.842. The zero-order valence-corrected chi connectivity index (χ0v) is 12.5. The zero-order valence-electron chi connectivity index (χ0n) is 12.5. The van der Waals surface area contributed by atoms with Crippen LogP contribution in [0.15, 0.2) is 47.9 Å². The molecule has 0 aromatic heterocycles. The van der Waals surface area contributed by atoms with Crippen molar-refractivity contribution in [2.45, 2.75) is 38.5 Å². The van der Waals surface area contributed by atoms with Gasteiger partial charge >= 0.3 is 0 Å². The molecule has 0 saturated carbocycles. The van der Waals surface area contributed by atoms with Crippen molar-refractivity contribution in [2.75, 3.05) is 26.2 Å². The second kappa shape index (κ2) is 7.05. The average molecular weight is 272 g/mol. The van der Waals surface area contributed by atoms with Crippen LogP contribution in [0.3, 0.4) is 0 Å². The Morgan fingerprint density at radius 2 is 1.15 bits per heavy atom. The molecule has 20 heavy (non-hydrogen) atoms. The Bertz CT molecular complexity index is 400. The molecule has 2 N–H and O–H groups in total. The van der Waals surface area contributed by atoms with Gasteiger partial charge in [-0.1, -0.05) is 12.2 Å². The van der Waals surface area contributed by atoms with Gasteiger partial charge in [0.2, 0.25) is 0 Å². The maximum atomic E-state index is 2.49. The molecule has 0 radical (unpaired) electrons.